The van der Waals surface area contributed by atoms with Gasteiger partial charge < -0.3 is 24.8 Å². The molecular weight excluding hydrogens is 500 g/mol. The van der Waals surface area contributed by atoms with Gasteiger partial charge in [-0.2, -0.15) is 0 Å². The van der Waals surface area contributed by atoms with Crippen LogP contribution in [0.4, 0.5) is 11.4 Å². The third-order valence-electron chi connectivity index (χ3n) is 5.55. The minimum atomic E-state index is -0.340. The van der Waals surface area contributed by atoms with E-state index >= 15 is 0 Å². The van der Waals surface area contributed by atoms with Crippen LogP contribution in [-0.2, 0) is 4.79 Å². The Morgan fingerprint density at radius 1 is 0.684 bits per heavy atom. The van der Waals surface area contributed by atoms with E-state index in [2.05, 4.69) is 10.6 Å². The molecule has 0 fully saturated rings. The standard InChI is InChI=1S/C30H28N2O5S/c1-20(29(33)31-21-12-16-24(17-13-21)37-23-8-5-4-6-9-23)38-25-18-14-22(15-19-25)32-30(34)28-26(35-2)10-7-11-27(28)36-3/h4-20H,1-3H3,(H,31,33)(H,32,34). The fraction of sp³-hybridized carbons (Fsp3) is 0.133. The first-order chi connectivity index (χ1) is 18.5. The second kappa shape index (κ2) is 12.7. The molecule has 4 aromatic carbocycles. The summed E-state index contributed by atoms with van der Waals surface area (Å²) in [6.07, 6.45) is 0. The van der Waals surface area contributed by atoms with Gasteiger partial charge in [-0.05, 0) is 79.7 Å². The second-order valence-electron chi connectivity index (χ2n) is 8.20. The van der Waals surface area contributed by atoms with E-state index in [1.807, 2.05) is 73.7 Å². The smallest absolute Gasteiger partial charge is 0.263 e. The molecule has 0 radical (unpaired) electrons. The Labute approximate surface area is 226 Å². The molecule has 2 amide bonds. The molecule has 0 bridgehead atoms. The Balaban J connectivity index is 1.31. The Morgan fingerprint density at radius 3 is 1.84 bits per heavy atom. The van der Waals surface area contributed by atoms with Crippen molar-refractivity contribution in [3.63, 3.8) is 0 Å². The molecule has 4 rings (SSSR count). The Bertz CT molecular complexity index is 1350. The molecule has 0 aliphatic heterocycles. The van der Waals surface area contributed by atoms with E-state index in [-0.39, 0.29) is 17.1 Å². The van der Waals surface area contributed by atoms with E-state index in [9.17, 15) is 9.59 Å². The quantitative estimate of drug-likeness (QED) is 0.219. The first-order valence-electron chi connectivity index (χ1n) is 11.9. The third-order valence-corrected chi connectivity index (χ3v) is 6.66. The van der Waals surface area contributed by atoms with Crippen molar-refractivity contribution in [1.29, 1.82) is 0 Å². The van der Waals surface area contributed by atoms with Gasteiger partial charge in [-0.1, -0.05) is 24.3 Å². The molecular formula is C30H28N2O5S. The van der Waals surface area contributed by atoms with Crippen LogP contribution in [0, 0.1) is 0 Å². The predicted octanol–water partition coefficient (Wildman–Crippen LogP) is 6.87. The lowest BCUT2D eigenvalue weighted by Gasteiger charge is -2.14. The summed E-state index contributed by atoms with van der Waals surface area (Å²) in [5, 5.41) is 5.46. The van der Waals surface area contributed by atoms with Crippen molar-refractivity contribution < 1.29 is 23.8 Å². The molecule has 194 valence electrons. The monoisotopic (exact) mass is 528 g/mol. The number of anilines is 2. The number of rotatable bonds is 10. The molecule has 0 saturated heterocycles. The van der Waals surface area contributed by atoms with E-state index in [4.69, 9.17) is 14.2 Å². The predicted molar refractivity (Wildman–Crippen MR) is 151 cm³/mol. The number of carbonyl (C=O) groups excluding carboxylic acids is 2. The zero-order chi connectivity index (χ0) is 26.9. The van der Waals surface area contributed by atoms with Crippen LogP contribution in [0.15, 0.2) is 102 Å². The van der Waals surface area contributed by atoms with Gasteiger partial charge in [0.2, 0.25) is 5.91 Å². The van der Waals surface area contributed by atoms with Gasteiger partial charge in [0.25, 0.3) is 5.91 Å². The van der Waals surface area contributed by atoms with E-state index in [1.54, 1.807) is 30.3 Å². The average molecular weight is 529 g/mol. The van der Waals surface area contributed by atoms with Crippen LogP contribution in [0.5, 0.6) is 23.0 Å². The highest BCUT2D eigenvalue weighted by Crippen LogP contribution is 2.30. The largest absolute Gasteiger partial charge is 0.496 e. The maximum absolute atomic E-state index is 12.9. The molecule has 2 N–H and O–H groups in total. The van der Waals surface area contributed by atoms with Crippen molar-refractivity contribution in [2.24, 2.45) is 0 Å². The fourth-order valence-electron chi connectivity index (χ4n) is 3.62. The zero-order valence-electron chi connectivity index (χ0n) is 21.3. The fourth-order valence-corrected chi connectivity index (χ4v) is 4.49. The van der Waals surface area contributed by atoms with E-state index < -0.39 is 0 Å². The molecule has 0 aromatic heterocycles. The first-order valence-corrected chi connectivity index (χ1v) is 12.8. The third kappa shape index (κ3) is 6.86. The van der Waals surface area contributed by atoms with Crippen molar-refractivity contribution in [3.8, 4) is 23.0 Å². The Morgan fingerprint density at radius 2 is 1.24 bits per heavy atom. The molecule has 7 nitrogen and oxygen atoms in total. The van der Waals surface area contributed by atoms with Gasteiger partial charge in [0.1, 0.15) is 28.6 Å². The van der Waals surface area contributed by atoms with Gasteiger partial charge in [-0.25, -0.2) is 0 Å². The summed E-state index contributed by atoms with van der Waals surface area (Å²) in [6.45, 7) is 1.84. The average Bonchev–Trinajstić information content (AvgIpc) is 2.95. The highest BCUT2D eigenvalue weighted by molar-refractivity contribution is 8.00. The number of amides is 2. The summed E-state index contributed by atoms with van der Waals surface area (Å²) in [4.78, 5) is 26.5. The number of nitrogens with one attached hydrogen (secondary N) is 2. The van der Waals surface area contributed by atoms with Gasteiger partial charge in [0.15, 0.2) is 0 Å². The SMILES string of the molecule is COc1cccc(OC)c1C(=O)Nc1ccc(SC(C)C(=O)Nc2ccc(Oc3ccccc3)cc2)cc1. The van der Waals surface area contributed by atoms with E-state index in [0.717, 1.165) is 10.6 Å². The summed E-state index contributed by atoms with van der Waals surface area (Å²) in [5.41, 5.74) is 1.62. The molecule has 38 heavy (non-hydrogen) atoms. The van der Waals surface area contributed by atoms with Crippen molar-refractivity contribution in [1.82, 2.24) is 0 Å². The number of benzene rings is 4. The van der Waals surface area contributed by atoms with Gasteiger partial charge in [-0.3, -0.25) is 9.59 Å². The van der Waals surface area contributed by atoms with Crippen LogP contribution >= 0.6 is 11.8 Å². The topological polar surface area (TPSA) is 85.9 Å². The van der Waals surface area contributed by atoms with Crippen LogP contribution in [-0.4, -0.2) is 31.3 Å². The highest BCUT2D eigenvalue weighted by Gasteiger charge is 2.19. The molecule has 0 heterocycles. The van der Waals surface area contributed by atoms with Crippen molar-refractivity contribution in [3.05, 3.63) is 103 Å². The number of carbonyl (C=O) groups is 2. The van der Waals surface area contributed by atoms with Crippen molar-refractivity contribution >= 4 is 35.0 Å². The number of hydrogen-bond donors (Lipinski definition) is 2. The zero-order valence-corrected chi connectivity index (χ0v) is 22.1. The lowest BCUT2D eigenvalue weighted by atomic mass is 10.1. The minimum absolute atomic E-state index is 0.118. The molecule has 1 unspecified atom stereocenters. The number of methoxy groups -OCH3 is 2. The van der Waals surface area contributed by atoms with E-state index in [1.165, 1.54) is 26.0 Å². The molecule has 1 atom stereocenters. The van der Waals surface area contributed by atoms with Gasteiger partial charge in [0, 0.05) is 16.3 Å². The second-order valence-corrected chi connectivity index (χ2v) is 9.62. The molecule has 4 aromatic rings. The summed E-state index contributed by atoms with van der Waals surface area (Å²) in [5.74, 6) is 1.83. The maximum atomic E-state index is 12.9. The number of hydrogen-bond acceptors (Lipinski definition) is 6. The Kier molecular flexibility index (Phi) is 8.89. The summed E-state index contributed by atoms with van der Waals surface area (Å²) in [7, 11) is 3.01. The maximum Gasteiger partial charge on any atom is 0.263 e. The normalized spacial score (nSPS) is 11.2. The van der Waals surface area contributed by atoms with Crippen LogP contribution < -0.4 is 24.8 Å². The van der Waals surface area contributed by atoms with E-state index in [0.29, 0.717) is 34.2 Å². The molecule has 8 heteroatoms. The van der Waals surface area contributed by atoms with Gasteiger partial charge >= 0.3 is 0 Å². The number of para-hydroxylation sites is 1. The molecule has 0 aliphatic carbocycles. The van der Waals surface area contributed by atoms with Crippen molar-refractivity contribution in [2.45, 2.75) is 17.1 Å². The van der Waals surface area contributed by atoms with Crippen molar-refractivity contribution in [2.75, 3.05) is 24.9 Å². The van der Waals surface area contributed by atoms with Crippen LogP contribution in [0.25, 0.3) is 0 Å². The lowest BCUT2D eigenvalue weighted by molar-refractivity contribution is -0.115. The van der Waals surface area contributed by atoms with Crippen LogP contribution in [0.2, 0.25) is 0 Å². The number of ether oxygens (including phenoxy) is 3. The summed E-state index contributed by atoms with van der Waals surface area (Å²) >= 11 is 1.42. The highest BCUT2D eigenvalue weighted by atomic mass is 32.2. The van der Waals surface area contributed by atoms with Crippen LogP contribution in [0.1, 0.15) is 17.3 Å². The lowest BCUT2D eigenvalue weighted by Crippen LogP contribution is -2.22. The molecule has 0 saturated carbocycles. The number of thioether (sulfide) groups is 1. The molecule has 0 spiro atoms. The first kappa shape index (κ1) is 26.6. The summed E-state index contributed by atoms with van der Waals surface area (Å²) in [6, 6.07) is 29.2. The minimum Gasteiger partial charge on any atom is -0.496 e. The van der Waals surface area contributed by atoms with Gasteiger partial charge in [-0.15, -0.1) is 11.8 Å². The van der Waals surface area contributed by atoms with Crippen LogP contribution in [0.3, 0.4) is 0 Å². The van der Waals surface area contributed by atoms with Gasteiger partial charge in [0.05, 0.1) is 19.5 Å². The summed E-state index contributed by atoms with van der Waals surface area (Å²) < 4.78 is 16.4. The Hall–Kier alpha value is -4.43. The molecule has 0 aliphatic rings.